The maximum absolute atomic E-state index is 9.92. The summed E-state index contributed by atoms with van der Waals surface area (Å²) in [5, 5.41) is 19.8. The van der Waals surface area contributed by atoms with Gasteiger partial charge in [0, 0.05) is 13.2 Å². The minimum Gasteiger partial charge on any atom is -0.388 e. The van der Waals surface area contributed by atoms with Crippen LogP contribution in [-0.2, 0) is 14.2 Å². The molecule has 0 heterocycles. The van der Waals surface area contributed by atoms with E-state index in [0.717, 1.165) is 12.8 Å². The Morgan fingerprint density at radius 2 is 0.889 bits per heavy atom. The fourth-order valence-corrected chi connectivity index (χ4v) is 2.97. The Labute approximate surface area is 167 Å². The van der Waals surface area contributed by atoms with Crippen molar-refractivity contribution < 1.29 is 24.4 Å². The van der Waals surface area contributed by atoms with E-state index in [2.05, 4.69) is 27.7 Å². The molecule has 0 fully saturated rings. The van der Waals surface area contributed by atoms with Crippen LogP contribution in [0, 0.1) is 11.8 Å². The molecule has 4 atom stereocenters. The predicted octanol–water partition coefficient (Wildman–Crippen LogP) is 4.19. The van der Waals surface area contributed by atoms with Crippen LogP contribution < -0.4 is 0 Å². The zero-order valence-corrected chi connectivity index (χ0v) is 18.3. The van der Waals surface area contributed by atoms with E-state index in [9.17, 15) is 10.2 Å². The van der Waals surface area contributed by atoms with Gasteiger partial charge >= 0.3 is 0 Å². The number of unbranched alkanes of at least 4 members (excludes halogenated alkanes) is 2. The number of rotatable bonds is 20. The Morgan fingerprint density at radius 1 is 0.556 bits per heavy atom. The molecule has 5 heteroatoms. The molecule has 4 unspecified atom stereocenters. The maximum Gasteiger partial charge on any atom is 0.101 e. The highest BCUT2D eigenvalue weighted by Gasteiger charge is 2.12. The van der Waals surface area contributed by atoms with E-state index in [0.29, 0.717) is 25.0 Å². The number of hydrogen-bond acceptors (Lipinski definition) is 5. The van der Waals surface area contributed by atoms with Crippen molar-refractivity contribution in [2.75, 3.05) is 39.6 Å². The molecule has 0 aliphatic rings. The van der Waals surface area contributed by atoms with E-state index in [1.54, 1.807) is 0 Å². The van der Waals surface area contributed by atoms with Gasteiger partial charge in [0.2, 0.25) is 0 Å². The summed E-state index contributed by atoms with van der Waals surface area (Å²) in [7, 11) is 0. The molecular formula is C22H46O5. The SMILES string of the molecule is CCCCC(CC)COCC(O)COCC(O)COCC(CC)CCCC. The van der Waals surface area contributed by atoms with Gasteiger partial charge in [-0.2, -0.15) is 0 Å². The third-order valence-corrected chi connectivity index (χ3v) is 5.03. The van der Waals surface area contributed by atoms with Gasteiger partial charge < -0.3 is 24.4 Å². The number of ether oxygens (including phenoxy) is 3. The van der Waals surface area contributed by atoms with Crippen molar-refractivity contribution in [2.24, 2.45) is 11.8 Å². The van der Waals surface area contributed by atoms with Crippen molar-refractivity contribution >= 4 is 0 Å². The van der Waals surface area contributed by atoms with Crippen LogP contribution >= 0.6 is 0 Å². The van der Waals surface area contributed by atoms with Crippen molar-refractivity contribution in [2.45, 2.75) is 91.3 Å². The smallest absolute Gasteiger partial charge is 0.101 e. The van der Waals surface area contributed by atoms with E-state index in [1.807, 2.05) is 0 Å². The molecular weight excluding hydrogens is 344 g/mol. The van der Waals surface area contributed by atoms with Gasteiger partial charge in [0.15, 0.2) is 0 Å². The first kappa shape index (κ1) is 26.8. The number of aliphatic hydroxyl groups is 2. The van der Waals surface area contributed by atoms with Gasteiger partial charge in [-0.1, -0.05) is 66.2 Å². The molecule has 0 saturated heterocycles. The molecule has 0 aromatic carbocycles. The van der Waals surface area contributed by atoms with E-state index in [-0.39, 0.29) is 26.4 Å². The van der Waals surface area contributed by atoms with Crippen LogP contribution in [0.15, 0.2) is 0 Å². The first-order valence-corrected chi connectivity index (χ1v) is 11.2. The molecule has 0 radical (unpaired) electrons. The van der Waals surface area contributed by atoms with Gasteiger partial charge in [-0.05, 0) is 24.7 Å². The van der Waals surface area contributed by atoms with Gasteiger partial charge in [0.1, 0.15) is 12.2 Å². The molecule has 0 rings (SSSR count). The summed E-state index contributed by atoms with van der Waals surface area (Å²) in [6.45, 7) is 11.1. The number of hydrogen-bond donors (Lipinski definition) is 2. The molecule has 0 aliphatic heterocycles. The van der Waals surface area contributed by atoms with E-state index in [1.165, 1.54) is 38.5 Å². The monoisotopic (exact) mass is 390 g/mol. The molecule has 0 bridgehead atoms. The van der Waals surface area contributed by atoms with Crippen molar-refractivity contribution in [1.82, 2.24) is 0 Å². The van der Waals surface area contributed by atoms with E-state index < -0.39 is 12.2 Å². The third-order valence-electron chi connectivity index (χ3n) is 5.03. The minimum atomic E-state index is -0.652. The zero-order valence-electron chi connectivity index (χ0n) is 18.3. The normalized spacial score (nSPS) is 16.2. The maximum atomic E-state index is 9.92. The highest BCUT2D eigenvalue weighted by molar-refractivity contribution is 4.60. The summed E-state index contributed by atoms with van der Waals surface area (Å²) < 4.78 is 16.6. The van der Waals surface area contributed by atoms with Crippen molar-refractivity contribution in [1.29, 1.82) is 0 Å². The van der Waals surface area contributed by atoms with Crippen molar-refractivity contribution in [3.05, 3.63) is 0 Å². The summed E-state index contributed by atoms with van der Waals surface area (Å²) in [6, 6.07) is 0. The van der Waals surface area contributed by atoms with Crippen LogP contribution in [0.5, 0.6) is 0 Å². The molecule has 0 saturated carbocycles. The van der Waals surface area contributed by atoms with Crippen LogP contribution in [0.3, 0.4) is 0 Å². The lowest BCUT2D eigenvalue weighted by Crippen LogP contribution is -2.28. The fourth-order valence-electron chi connectivity index (χ4n) is 2.97. The topological polar surface area (TPSA) is 68.2 Å². The average molecular weight is 391 g/mol. The first-order chi connectivity index (χ1) is 13.1. The first-order valence-electron chi connectivity index (χ1n) is 11.2. The van der Waals surface area contributed by atoms with Gasteiger partial charge in [0.05, 0.1) is 26.4 Å². The Balaban J connectivity index is 3.67. The Bertz CT molecular complexity index is 272. The van der Waals surface area contributed by atoms with Gasteiger partial charge in [-0.3, -0.25) is 0 Å². The van der Waals surface area contributed by atoms with Crippen LogP contribution in [-0.4, -0.2) is 62.1 Å². The second-order valence-corrected chi connectivity index (χ2v) is 7.75. The van der Waals surface area contributed by atoms with Crippen LogP contribution in [0.25, 0.3) is 0 Å². The van der Waals surface area contributed by atoms with Gasteiger partial charge in [-0.25, -0.2) is 0 Å². The predicted molar refractivity (Wildman–Crippen MR) is 111 cm³/mol. The fraction of sp³-hybridized carbons (Fsp3) is 1.00. The largest absolute Gasteiger partial charge is 0.388 e. The molecule has 0 spiro atoms. The van der Waals surface area contributed by atoms with E-state index >= 15 is 0 Å². The zero-order chi connectivity index (χ0) is 20.3. The highest BCUT2D eigenvalue weighted by atomic mass is 16.5. The highest BCUT2D eigenvalue weighted by Crippen LogP contribution is 2.13. The standard InChI is InChI=1S/C22H46O5/c1-5-9-11-19(7-3)13-25-15-21(23)17-27-18-22(24)16-26-14-20(8-4)12-10-6-2/h19-24H,5-18H2,1-4H3. The Kier molecular flexibility index (Phi) is 19.0. The van der Waals surface area contributed by atoms with Crippen LogP contribution in [0.2, 0.25) is 0 Å². The Hall–Kier alpha value is -0.200. The molecule has 2 N–H and O–H groups in total. The number of aliphatic hydroxyl groups excluding tert-OH is 2. The van der Waals surface area contributed by atoms with Crippen LogP contribution in [0.1, 0.15) is 79.1 Å². The molecule has 27 heavy (non-hydrogen) atoms. The summed E-state index contributed by atoms with van der Waals surface area (Å²) in [4.78, 5) is 0. The van der Waals surface area contributed by atoms with Crippen molar-refractivity contribution in [3.8, 4) is 0 Å². The molecule has 0 aromatic heterocycles. The molecule has 0 aliphatic carbocycles. The second-order valence-electron chi connectivity index (χ2n) is 7.75. The summed E-state index contributed by atoms with van der Waals surface area (Å²) >= 11 is 0. The van der Waals surface area contributed by atoms with E-state index in [4.69, 9.17) is 14.2 Å². The molecule has 5 nitrogen and oxygen atoms in total. The minimum absolute atomic E-state index is 0.177. The van der Waals surface area contributed by atoms with Crippen molar-refractivity contribution in [3.63, 3.8) is 0 Å². The summed E-state index contributed by atoms with van der Waals surface area (Å²) in [6.07, 6.45) is 8.14. The third kappa shape index (κ3) is 16.5. The lowest BCUT2D eigenvalue weighted by Gasteiger charge is -2.18. The Morgan fingerprint density at radius 3 is 1.19 bits per heavy atom. The quantitative estimate of drug-likeness (QED) is 0.326. The average Bonchev–Trinajstić information content (AvgIpc) is 2.67. The van der Waals surface area contributed by atoms with Gasteiger partial charge in [-0.15, -0.1) is 0 Å². The molecule has 0 aromatic rings. The van der Waals surface area contributed by atoms with Gasteiger partial charge in [0.25, 0.3) is 0 Å². The lowest BCUT2D eigenvalue weighted by molar-refractivity contribution is -0.0620. The van der Waals surface area contributed by atoms with Crippen LogP contribution in [0.4, 0.5) is 0 Å². The molecule has 164 valence electrons. The summed E-state index contributed by atoms with van der Waals surface area (Å²) in [5.41, 5.74) is 0. The second kappa shape index (κ2) is 19.1. The summed E-state index contributed by atoms with van der Waals surface area (Å²) in [5.74, 6) is 1.14. The molecule has 0 amide bonds. The lowest BCUT2D eigenvalue weighted by atomic mass is 10.0.